The standard InChI is InChI=1S/C21H29NO3/c1-21(2,3)18-8-6-7-9-19(18)24-12-13-25-20-14-17(23-5)11-10-16(20)15-22-4/h6-11,14,22H,12-13,15H2,1-5H3. The van der Waals surface area contributed by atoms with Crippen molar-refractivity contribution in [2.75, 3.05) is 27.4 Å². The Morgan fingerprint density at radius 3 is 2.24 bits per heavy atom. The number of rotatable bonds is 8. The van der Waals surface area contributed by atoms with Crippen molar-refractivity contribution in [2.45, 2.75) is 32.7 Å². The number of nitrogens with one attached hydrogen (secondary N) is 1. The molecule has 0 saturated heterocycles. The van der Waals surface area contributed by atoms with Crippen LogP contribution in [0.3, 0.4) is 0 Å². The summed E-state index contributed by atoms with van der Waals surface area (Å²) >= 11 is 0. The lowest BCUT2D eigenvalue weighted by atomic mass is 9.86. The minimum absolute atomic E-state index is 0.0458. The van der Waals surface area contributed by atoms with E-state index in [9.17, 15) is 0 Å². The van der Waals surface area contributed by atoms with E-state index in [0.717, 1.165) is 29.4 Å². The molecule has 0 atom stereocenters. The number of hydrogen-bond acceptors (Lipinski definition) is 4. The minimum Gasteiger partial charge on any atom is -0.497 e. The van der Waals surface area contributed by atoms with Crippen LogP contribution in [0.15, 0.2) is 42.5 Å². The van der Waals surface area contributed by atoms with Gasteiger partial charge in [-0.25, -0.2) is 0 Å². The highest BCUT2D eigenvalue weighted by Gasteiger charge is 2.18. The Morgan fingerprint density at radius 1 is 0.920 bits per heavy atom. The van der Waals surface area contributed by atoms with Gasteiger partial charge in [-0.1, -0.05) is 45.0 Å². The van der Waals surface area contributed by atoms with E-state index in [2.05, 4.69) is 32.2 Å². The summed E-state index contributed by atoms with van der Waals surface area (Å²) in [5.41, 5.74) is 2.34. The molecular weight excluding hydrogens is 314 g/mol. The zero-order chi connectivity index (χ0) is 18.3. The summed E-state index contributed by atoms with van der Waals surface area (Å²) in [5.74, 6) is 2.52. The zero-order valence-corrected chi connectivity index (χ0v) is 15.9. The highest BCUT2D eigenvalue weighted by Crippen LogP contribution is 2.31. The van der Waals surface area contributed by atoms with Crippen molar-refractivity contribution in [1.29, 1.82) is 0 Å². The molecule has 0 amide bonds. The molecule has 0 spiro atoms. The molecule has 0 unspecified atom stereocenters. The number of benzene rings is 2. The molecule has 2 aromatic rings. The Kier molecular flexibility index (Phi) is 6.71. The van der Waals surface area contributed by atoms with Crippen LogP contribution in [-0.4, -0.2) is 27.4 Å². The SMILES string of the molecule is CNCc1ccc(OC)cc1OCCOc1ccccc1C(C)(C)C. The lowest BCUT2D eigenvalue weighted by Gasteiger charge is -2.22. The fraction of sp³-hybridized carbons (Fsp3) is 0.429. The number of para-hydroxylation sites is 1. The highest BCUT2D eigenvalue weighted by atomic mass is 16.5. The fourth-order valence-electron chi connectivity index (χ4n) is 2.65. The second-order valence-electron chi connectivity index (χ2n) is 6.95. The molecule has 0 saturated carbocycles. The van der Waals surface area contributed by atoms with Crippen LogP contribution in [0.25, 0.3) is 0 Å². The quantitative estimate of drug-likeness (QED) is 0.730. The van der Waals surface area contributed by atoms with E-state index in [0.29, 0.717) is 13.2 Å². The van der Waals surface area contributed by atoms with Gasteiger partial charge in [-0.15, -0.1) is 0 Å². The summed E-state index contributed by atoms with van der Waals surface area (Å²) < 4.78 is 17.2. The average molecular weight is 343 g/mol. The molecule has 0 fully saturated rings. The summed E-state index contributed by atoms with van der Waals surface area (Å²) in [7, 11) is 3.57. The molecule has 136 valence electrons. The predicted molar refractivity (Wildman–Crippen MR) is 102 cm³/mol. The third-order valence-electron chi connectivity index (χ3n) is 3.94. The Balaban J connectivity index is 1.98. The lowest BCUT2D eigenvalue weighted by molar-refractivity contribution is 0.212. The van der Waals surface area contributed by atoms with Gasteiger partial charge in [0.1, 0.15) is 30.5 Å². The van der Waals surface area contributed by atoms with Gasteiger partial charge in [-0.2, -0.15) is 0 Å². The van der Waals surface area contributed by atoms with Crippen LogP contribution in [0.2, 0.25) is 0 Å². The van der Waals surface area contributed by atoms with Crippen molar-refractivity contribution >= 4 is 0 Å². The largest absolute Gasteiger partial charge is 0.497 e. The first-order chi connectivity index (χ1) is 12.0. The minimum atomic E-state index is 0.0458. The molecule has 2 rings (SSSR count). The Labute approximate surface area is 151 Å². The first-order valence-electron chi connectivity index (χ1n) is 8.62. The average Bonchev–Trinajstić information content (AvgIpc) is 2.59. The molecule has 0 aromatic heterocycles. The number of methoxy groups -OCH3 is 1. The summed E-state index contributed by atoms with van der Waals surface area (Å²) in [6.45, 7) is 8.27. The first-order valence-corrected chi connectivity index (χ1v) is 8.62. The van der Waals surface area contributed by atoms with E-state index in [1.165, 1.54) is 5.56 Å². The molecule has 0 heterocycles. The molecular formula is C21H29NO3. The lowest BCUT2D eigenvalue weighted by Crippen LogP contribution is -2.16. The van der Waals surface area contributed by atoms with Gasteiger partial charge >= 0.3 is 0 Å². The van der Waals surface area contributed by atoms with Crippen LogP contribution in [0, 0.1) is 0 Å². The third-order valence-corrected chi connectivity index (χ3v) is 3.94. The maximum atomic E-state index is 5.97. The van der Waals surface area contributed by atoms with Crippen LogP contribution < -0.4 is 19.5 Å². The second kappa shape index (κ2) is 8.77. The summed E-state index contributed by atoms with van der Waals surface area (Å²) in [6, 6.07) is 14.0. The molecule has 2 aromatic carbocycles. The van der Waals surface area contributed by atoms with Crippen LogP contribution in [0.1, 0.15) is 31.9 Å². The highest BCUT2D eigenvalue weighted by molar-refractivity contribution is 5.41. The van der Waals surface area contributed by atoms with Crippen LogP contribution >= 0.6 is 0 Å². The monoisotopic (exact) mass is 343 g/mol. The molecule has 0 bridgehead atoms. The van der Waals surface area contributed by atoms with Gasteiger partial charge < -0.3 is 19.5 Å². The van der Waals surface area contributed by atoms with Crippen LogP contribution in [0.5, 0.6) is 17.2 Å². The molecule has 4 heteroatoms. The molecule has 25 heavy (non-hydrogen) atoms. The van der Waals surface area contributed by atoms with Crippen molar-refractivity contribution in [3.05, 3.63) is 53.6 Å². The van der Waals surface area contributed by atoms with Crippen molar-refractivity contribution in [3.63, 3.8) is 0 Å². The zero-order valence-electron chi connectivity index (χ0n) is 15.9. The predicted octanol–water partition coefficient (Wildman–Crippen LogP) is 4.17. The summed E-state index contributed by atoms with van der Waals surface area (Å²) in [6.07, 6.45) is 0. The molecule has 1 N–H and O–H groups in total. The Bertz CT molecular complexity index is 677. The van der Waals surface area contributed by atoms with Gasteiger partial charge in [0, 0.05) is 18.2 Å². The topological polar surface area (TPSA) is 39.7 Å². The third kappa shape index (κ3) is 5.40. The van der Waals surface area contributed by atoms with Gasteiger partial charge in [-0.3, -0.25) is 0 Å². The van der Waals surface area contributed by atoms with E-state index < -0.39 is 0 Å². The number of ether oxygens (including phenoxy) is 3. The van der Waals surface area contributed by atoms with Crippen molar-refractivity contribution in [1.82, 2.24) is 5.32 Å². The van der Waals surface area contributed by atoms with Gasteiger partial charge in [0.05, 0.1) is 7.11 Å². The summed E-state index contributed by atoms with van der Waals surface area (Å²) in [5, 5.41) is 3.15. The molecule has 0 aliphatic carbocycles. The van der Waals surface area contributed by atoms with Crippen LogP contribution in [-0.2, 0) is 12.0 Å². The van der Waals surface area contributed by atoms with E-state index in [-0.39, 0.29) is 5.41 Å². The first kappa shape index (κ1) is 19.1. The smallest absolute Gasteiger partial charge is 0.127 e. The molecule has 0 aliphatic rings. The maximum Gasteiger partial charge on any atom is 0.127 e. The Hall–Kier alpha value is -2.20. The molecule has 0 aliphatic heterocycles. The molecule has 0 radical (unpaired) electrons. The maximum absolute atomic E-state index is 5.97. The van der Waals surface area contributed by atoms with Gasteiger partial charge in [0.25, 0.3) is 0 Å². The second-order valence-corrected chi connectivity index (χ2v) is 6.95. The van der Waals surface area contributed by atoms with Crippen molar-refractivity contribution < 1.29 is 14.2 Å². The molecule has 4 nitrogen and oxygen atoms in total. The van der Waals surface area contributed by atoms with Crippen LogP contribution in [0.4, 0.5) is 0 Å². The van der Waals surface area contributed by atoms with E-state index in [4.69, 9.17) is 14.2 Å². The van der Waals surface area contributed by atoms with Gasteiger partial charge in [-0.05, 0) is 30.2 Å². The van der Waals surface area contributed by atoms with E-state index >= 15 is 0 Å². The van der Waals surface area contributed by atoms with Crippen molar-refractivity contribution in [2.24, 2.45) is 0 Å². The van der Waals surface area contributed by atoms with Crippen molar-refractivity contribution in [3.8, 4) is 17.2 Å². The normalized spacial score (nSPS) is 11.2. The van der Waals surface area contributed by atoms with Gasteiger partial charge in [0.2, 0.25) is 0 Å². The number of hydrogen-bond donors (Lipinski definition) is 1. The van der Waals surface area contributed by atoms with Gasteiger partial charge in [0.15, 0.2) is 0 Å². The van der Waals surface area contributed by atoms with E-state index in [1.807, 2.05) is 43.4 Å². The summed E-state index contributed by atoms with van der Waals surface area (Å²) in [4.78, 5) is 0. The van der Waals surface area contributed by atoms with E-state index in [1.54, 1.807) is 7.11 Å². The fourth-order valence-corrected chi connectivity index (χ4v) is 2.65. The Morgan fingerprint density at radius 2 is 1.60 bits per heavy atom.